The number of carbonyl (C=O) groups excluding carboxylic acids is 2. The summed E-state index contributed by atoms with van der Waals surface area (Å²) in [4.78, 5) is 30.9. The summed E-state index contributed by atoms with van der Waals surface area (Å²) in [5.74, 6) is 1.22. The van der Waals surface area contributed by atoms with Gasteiger partial charge in [0.05, 0.1) is 18.2 Å². The van der Waals surface area contributed by atoms with E-state index in [4.69, 9.17) is 4.74 Å². The predicted octanol–water partition coefficient (Wildman–Crippen LogP) is 1.77. The van der Waals surface area contributed by atoms with Crippen LogP contribution in [0, 0.1) is 5.92 Å². The number of carbonyl (C=O) groups is 2. The molecule has 0 bridgehead atoms. The van der Waals surface area contributed by atoms with Gasteiger partial charge in [-0.25, -0.2) is 4.98 Å². The van der Waals surface area contributed by atoms with Crippen molar-refractivity contribution in [3.8, 4) is 5.75 Å². The Hall–Kier alpha value is -2.83. The zero-order valence-corrected chi connectivity index (χ0v) is 15.3. The number of aromatic nitrogens is 2. The number of benzene rings is 1. The van der Waals surface area contributed by atoms with Crippen LogP contribution in [-0.2, 0) is 11.8 Å². The van der Waals surface area contributed by atoms with Crippen molar-refractivity contribution in [2.75, 3.05) is 20.2 Å². The number of para-hydroxylation sites is 1. The van der Waals surface area contributed by atoms with E-state index < -0.39 is 0 Å². The van der Waals surface area contributed by atoms with E-state index in [0.29, 0.717) is 30.9 Å². The third-order valence-electron chi connectivity index (χ3n) is 4.77. The van der Waals surface area contributed by atoms with Crippen LogP contribution in [0.1, 0.15) is 35.6 Å². The third-order valence-corrected chi connectivity index (χ3v) is 4.77. The fourth-order valence-electron chi connectivity index (χ4n) is 3.44. The summed E-state index contributed by atoms with van der Waals surface area (Å²) in [5.41, 5.74) is 0.501. The quantitative estimate of drug-likeness (QED) is 0.856. The Morgan fingerprint density at radius 3 is 2.81 bits per heavy atom. The summed E-state index contributed by atoms with van der Waals surface area (Å²) >= 11 is 0. The molecular formula is C19H24N4O3. The lowest BCUT2D eigenvalue weighted by Gasteiger charge is -2.24. The summed E-state index contributed by atoms with van der Waals surface area (Å²) in [7, 11) is 3.70. The lowest BCUT2D eigenvalue weighted by Crippen LogP contribution is -2.33. The molecule has 7 heteroatoms. The van der Waals surface area contributed by atoms with Crippen molar-refractivity contribution in [2.24, 2.45) is 13.0 Å². The highest BCUT2D eigenvalue weighted by atomic mass is 16.5. The minimum atomic E-state index is -0.199. The standard InChI is InChI=1S/C19H24N4O3/c1-4-26-15-8-6-5-7-14(15)19(25)21-12-13-11-16(24)23(3)17(13)18-20-9-10-22(18)2/h5-10,13,17H,4,11-12H2,1-3H3,(H,21,25)/t13-,17+/m0/s1. The van der Waals surface area contributed by atoms with Gasteiger partial charge < -0.3 is 19.5 Å². The second-order valence-electron chi connectivity index (χ2n) is 6.45. The van der Waals surface area contributed by atoms with Crippen LogP contribution < -0.4 is 10.1 Å². The molecule has 1 fully saturated rings. The van der Waals surface area contributed by atoms with Gasteiger partial charge in [0.15, 0.2) is 0 Å². The first-order chi connectivity index (χ1) is 12.5. The number of ether oxygens (including phenoxy) is 1. The van der Waals surface area contributed by atoms with Crippen LogP contribution in [0.15, 0.2) is 36.7 Å². The number of hydrogen-bond donors (Lipinski definition) is 1. The highest BCUT2D eigenvalue weighted by Crippen LogP contribution is 2.35. The number of likely N-dealkylation sites (tertiary alicyclic amines) is 1. The van der Waals surface area contributed by atoms with E-state index in [1.807, 2.05) is 30.8 Å². The Bertz CT molecular complexity index is 802. The first kappa shape index (κ1) is 18.0. The predicted molar refractivity (Wildman–Crippen MR) is 96.8 cm³/mol. The fourth-order valence-corrected chi connectivity index (χ4v) is 3.44. The third kappa shape index (κ3) is 3.42. The Morgan fingerprint density at radius 2 is 2.12 bits per heavy atom. The average molecular weight is 356 g/mol. The molecule has 7 nitrogen and oxygen atoms in total. The average Bonchev–Trinajstić information content (AvgIpc) is 3.16. The summed E-state index contributed by atoms with van der Waals surface area (Å²) in [6.45, 7) is 2.77. The van der Waals surface area contributed by atoms with Crippen molar-refractivity contribution in [3.63, 3.8) is 0 Å². The van der Waals surface area contributed by atoms with Gasteiger partial charge in [0, 0.05) is 45.4 Å². The highest BCUT2D eigenvalue weighted by molar-refractivity contribution is 5.97. The van der Waals surface area contributed by atoms with Gasteiger partial charge >= 0.3 is 0 Å². The van der Waals surface area contributed by atoms with Crippen molar-refractivity contribution in [1.29, 1.82) is 0 Å². The van der Waals surface area contributed by atoms with E-state index in [0.717, 1.165) is 5.82 Å². The number of hydrogen-bond acceptors (Lipinski definition) is 4. The molecule has 0 saturated carbocycles. The molecule has 3 rings (SSSR count). The van der Waals surface area contributed by atoms with E-state index in [-0.39, 0.29) is 23.8 Å². The summed E-state index contributed by atoms with van der Waals surface area (Å²) < 4.78 is 7.44. The molecule has 1 N–H and O–H groups in total. The van der Waals surface area contributed by atoms with E-state index in [9.17, 15) is 9.59 Å². The van der Waals surface area contributed by atoms with Gasteiger partial charge in [-0.15, -0.1) is 0 Å². The van der Waals surface area contributed by atoms with E-state index >= 15 is 0 Å². The van der Waals surface area contributed by atoms with Crippen LogP contribution in [0.25, 0.3) is 0 Å². The molecule has 0 spiro atoms. The molecule has 2 heterocycles. The molecule has 138 valence electrons. The van der Waals surface area contributed by atoms with Crippen LogP contribution in [-0.4, -0.2) is 46.5 Å². The lowest BCUT2D eigenvalue weighted by molar-refractivity contribution is -0.127. The van der Waals surface area contributed by atoms with Crippen molar-refractivity contribution in [3.05, 3.63) is 48.0 Å². The van der Waals surface area contributed by atoms with Gasteiger partial charge in [-0.2, -0.15) is 0 Å². The molecule has 2 amide bonds. The number of rotatable bonds is 6. The Kier molecular flexibility index (Phi) is 5.25. The molecule has 1 saturated heterocycles. The summed E-state index contributed by atoms with van der Waals surface area (Å²) in [6, 6.07) is 7.01. The molecule has 0 aliphatic carbocycles. The fraction of sp³-hybridized carbons (Fsp3) is 0.421. The first-order valence-corrected chi connectivity index (χ1v) is 8.75. The number of imidazole rings is 1. The Labute approximate surface area is 153 Å². The number of nitrogens with zero attached hydrogens (tertiary/aromatic N) is 3. The molecule has 2 atom stereocenters. The first-order valence-electron chi connectivity index (χ1n) is 8.75. The van der Waals surface area contributed by atoms with Crippen LogP contribution in [0.4, 0.5) is 0 Å². The zero-order valence-electron chi connectivity index (χ0n) is 15.3. The maximum absolute atomic E-state index is 12.6. The van der Waals surface area contributed by atoms with Gasteiger partial charge in [0.25, 0.3) is 5.91 Å². The minimum absolute atomic E-state index is 0.0307. The van der Waals surface area contributed by atoms with Gasteiger partial charge in [-0.3, -0.25) is 9.59 Å². The van der Waals surface area contributed by atoms with Crippen LogP contribution in [0.3, 0.4) is 0 Å². The van der Waals surface area contributed by atoms with Crippen molar-refractivity contribution < 1.29 is 14.3 Å². The monoisotopic (exact) mass is 356 g/mol. The van der Waals surface area contributed by atoms with Crippen molar-refractivity contribution in [2.45, 2.75) is 19.4 Å². The zero-order chi connectivity index (χ0) is 18.7. The molecule has 0 radical (unpaired) electrons. The number of amides is 2. The SMILES string of the molecule is CCOc1ccccc1C(=O)NC[C@@H]1CC(=O)N(C)[C@H]1c1nccn1C. The maximum Gasteiger partial charge on any atom is 0.255 e. The van der Waals surface area contributed by atoms with Crippen LogP contribution in [0.5, 0.6) is 5.75 Å². The molecular weight excluding hydrogens is 332 g/mol. The Morgan fingerprint density at radius 1 is 1.35 bits per heavy atom. The molecule has 1 aromatic carbocycles. The second kappa shape index (κ2) is 7.59. The smallest absolute Gasteiger partial charge is 0.255 e. The van der Waals surface area contributed by atoms with Gasteiger partial charge in [-0.05, 0) is 19.1 Å². The van der Waals surface area contributed by atoms with Gasteiger partial charge in [0.1, 0.15) is 11.6 Å². The number of aryl methyl sites for hydroxylation is 1. The normalized spacial score (nSPS) is 19.7. The van der Waals surface area contributed by atoms with Crippen LogP contribution in [0.2, 0.25) is 0 Å². The second-order valence-corrected chi connectivity index (χ2v) is 6.45. The molecule has 26 heavy (non-hydrogen) atoms. The molecule has 1 aliphatic heterocycles. The van der Waals surface area contributed by atoms with Gasteiger partial charge in [-0.1, -0.05) is 12.1 Å². The molecule has 1 aliphatic rings. The minimum Gasteiger partial charge on any atom is -0.493 e. The largest absolute Gasteiger partial charge is 0.493 e. The van der Waals surface area contributed by atoms with Gasteiger partial charge in [0.2, 0.25) is 5.91 Å². The highest BCUT2D eigenvalue weighted by Gasteiger charge is 2.40. The van der Waals surface area contributed by atoms with E-state index in [2.05, 4.69) is 10.3 Å². The number of nitrogens with one attached hydrogen (secondary N) is 1. The van der Waals surface area contributed by atoms with E-state index in [1.54, 1.807) is 36.3 Å². The molecule has 0 unspecified atom stereocenters. The molecule has 1 aromatic heterocycles. The maximum atomic E-state index is 12.6. The summed E-state index contributed by atoms with van der Waals surface area (Å²) in [6.07, 6.45) is 3.97. The lowest BCUT2D eigenvalue weighted by atomic mass is 9.99. The van der Waals surface area contributed by atoms with Crippen molar-refractivity contribution in [1.82, 2.24) is 19.8 Å². The van der Waals surface area contributed by atoms with E-state index in [1.165, 1.54) is 0 Å². The van der Waals surface area contributed by atoms with Crippen LogP contribution >= 0.6 is 0 Å². The Balaban J connectivity index is 1.73. The van der Waals surface area contributed by atoms with Crippen molar-refractivity contribution >= 4 is 11.8 Å². The molecule has 2 aromatic rings. The topological polar surface area (TPSA) is 76.5 Å². The summed E-state index contributed by atoms with van der Waals surface area (Å²) in [5, 5.41) is 2.96.